The number of hydrogen-bond acceptors (Lipinski definition) is 12. The number of ether oxygens (including phenoxy) is 3. The van der Waals surface area contributed by atoms with E-state index in [0.717, 1.165) is 33.4 Å². The number of unbranched alkanes of at least 4 members (excludes halogenated alkanes) is 3. The smallest absolute Gasteiger partial charge is 0.407 e. The Kier molecular flexibility index (Phi) is 25.4. The zero-order valence-corrected chi connectivity index (χ0v) is 47.3. The molecule has 434 valence electrons. The normalized spacial score (nSPS) is 12.0. The molecule has 0 aliphatic heterocycles. The van der Waals surface area contributed by atoms with Gasteiger partial charge in [0.15, 0.2) is 0 Å². The molecule has 0 aliphatic rings. The minimum absolute atomic E-state index is 0.178. The summed E-state index contributed by atoms with van der Waals surface area (Å²) >= 11 is 0. The fraction of sp³-hybridized carbons (Fsp3) is 0.344. The SMILES string of the molecule is CN(C(=O)[C@@H](N)CCCCNC(=O)OCc1ccccc1)c1ccc(C(c2ccc(N(C)C(=O)[C@@H](N)CCCCNC(=O)OCc3ccccc3)cc2)c2ccc(N(C)C(=O)[C@@H](N)CCCCNC(=O)OCc3ccccc3)cc2)cc1. The summed E-state index contributed by atoms with van der Waals surface area (Å²) in [7, 11) is 5.08. The summed E-state index contributed by atoms with van der Waals surface area (Å²) in [6, 6.07) is 49.1. The van der Waals surface area contributed by atoms with E-state index in [0.29, 0.717) is 94.5 Å². The fourth-order valence-electron chi connectivity index (χ4n) is 9.11. The lowest BCUT2D eigenvalue weighted by atomic mass is 9.85. The van der Waals surface area contributed by atoms with Gasteiger partial charge in [-0.3, -0.25) is 14.4 Å². The molecule has 0 heterocycles. The Balaban J connectivity index is 1.05. The maximum Gasteiger partial charge on any atom is 0.407 e. The Morgan fingerprint density at radius 1 is 0.366 bits per heavy atom. The number of carbonyl (C=O) groups is 6. The number of rotatable bonds is 30. The van der Waals surface area contributed by atoms with Crippen LogP contribution in [0.15, 0.2) is 164 Å². The van der Waals surface area contributed by atoms with E-state index >= 15 is 0 Å². The first-order chi connectivity index (χ1) is 39.7. The van der Waals surface area contributed by atoms with Gasteiger partial charge >= 0.3 is 18.3 Å². The molecule has 3 atom stereocenters. The van der Waals surface area contributed by atoms with Gasteiger partial charge in [0.25, 0.3) is 0 Å². The third-order valence-electron chi connectivity index (χ3n) is 14.1. The highest BCUT2D eigenvalue weighted by molar-refractivity contribution is 5.98. The number of likely N-dealkylation sites (N-methyl/N-ethyl adjacent to an activating group) is 3. The van der Waals surface area contributed by atoms with Gasteiger partial charge < -0.3 is 62.1 Å². The van der Waals surface area contributed by atoms with Crippen molar-refractivity contribution in [2.45, 2.75) is 102 Å². The second-order valence-corrected chi connectivity index (χ2v) is 20.2. The lowest BCUT2D eigenvalue weighted by molar-refractivity contribution is -0.120. The van der Waals surface area contributed by atoms with Crippen LogP contribution in [0, 0.1) is 0 Å². The molecule has 0 radical (unpaired) electrons. The van der Waals surface area contributed by atoms with E-state index in [1.54, 1.807) is 35.8 Å². The average molecular weight is 1120 g/mol. The maximum atomic E-state index is 13.6. The summed E-state index contributed by atoms with van der Waals surface area (Å²) in [5, 5.41) is 8.24. The van der Waals surface area contributed by atoms with Gasteiger partial charge in [-0.15, -0.1) is 0 Å². The Morgan fingerprint density at radius 2 is 0.610 bits per heavy atom. The van der Waals surface area contributed by atoms with Crippen LogP contribution in [0.4, 0.5) is 31.4 Å². The van der Waals surface area contributed by atoms with E-state index in [9.17, 15) is 28.8 Å². The van der Waals surface area contributed by atoms with E-state index < -0.39 is 36.4 Å². The van der Waals surface area contributed by atoms with Crippen molar-refractivity contribution in [1.82, 2.24) is 16.0 Å². The zero-order valence-electron chi connectivity index (χ0n) is 47.3. The van der Waals surface area contributed by atoms with E-state index in [1.807, 2.05) is 164 Å². The number of anilines is 3. The lowest BCUT2D eigenvalue weighted by Gasteiger charge is -2.25. The molecule has 0 fully saturated rings. The van der Waals surface area contributed by atoms with Crippen LogP contribution in [0.25, 0.3) is 0 Å². The number of nitrogens with two attached hydrogens (primary N) is 3. The molecule has 18 nitrogen and oxygen atoms in total. The van der Waals surface area contributed by atoms with E-state index in [-0.39, 0.29) is 43.5 Å². The van der Waals surface area contributed by atoms with Crippen molar-refractivity contribution >= 4 is 53.1 Å². The second kappa shape index (κ2) is 33.2. The molecule has 18 heteroatoms. The first-order valence-electron chi connectivity index (χ1n) is 27.9. The molecule has 0 saturated carbocycles. The standard InChI is InChI=1S/C64H79N9O9/c1-71(59(74)55(65)25-13-16-40-68-62(77)80-43-46-19-7-4-8-20-46)52-34-28-49(29-35-52)58(50-30-36-53(37-31-50)72(2)60(75)56(66)26-14-17-41-69-63(78)81-44-47-21-9-5-10-22-47)51-32-38-54(39-33-51)73(3)61(76)57(67)27-15-18-42-70-64(79)82-45-48-23-11-6-12-24-48/h4-12,19-24,28-39,55-58H,13-18,25-27,40-45,65-67H2,1-3H3,(H,68,77)(H,69,78)(H,70,79)/t55-,56-,57-/m0/s1. The monoisotopic (exact) mass is 1120 g/mol. The molecule has 9 N–H and O–H groups in total. The number of nitrogens with one attached hydrogen (secondary N) is 3. The number of alkyl carbamates (subject to hydrolysis) is 3. The van der Waals surface area contributed by atoms with Crippen LogP contribution in [-0.4, -0.2) is 94.9 Å². The summed E-state index contributed by atoms with van der Waals surface area (Å²) in [6.45, 7) is 1.70. The van der Waals surface area contributed by atoms with Gasteiger partial charge in [-0.25, -0.2) is 14.4 Å². The van der Waals surface area contributed by atoms with Crippen LogP contribution in [0.5, 0.6) is 0 Å². The van der Waals surface area contributed by atoms with E-state index in [1.165, 1.54) is 0 Å². The van der Waals surface area contributed by atoms with Crippen molar-refractivity contribution < 1.29 is 43.0 Å². The summed E-state index contributed by atoms with van der Waals surface area (Å²) in [4.78, 5) is 81.8. The van der Waals surface area contributed by atoms with Crippen LogP contribution in [0.2, 0.25) is 0 Å². The van der Waals surface area contributed by atoms with Gasteiger partial charge in [-0.05, 0) is 128 Å². The lowest BCUT2D eigenvalue weighted by Crippen LogP contribution is -2.42. The van der Waals surface area contributed by atoms with Crippen molar-refractivity contribution in [1.29, 1.82) is 0 Å². The molecule has 0 unspecified atom stereocenters. The highest BCUT2D eigenvalue weighted by Gasteiger charge is 2.25. The van der Waals surface area contributed by atoms with Crippen LogP contribution in [-0.2, 0) is 48.4 Å². The molecular formula is C64H79N9O9. The second-order valence-electron chi connectivity index (χ2n) is 20.2. The Labute approximate surface area is 481 Å². The highest BCUT2D eigenvalue weighted by Crippen LogP contribution is 2.35. The zero-order chi connectivity index (χ0) is 58.6. The van der Waals surface area contributed by atoms with Gasteiger partial charge in [0.05, 0.1) is 18.1 Å². The van der Waals surface area contributed by atoms with Gasteiger partial charge in [-0.2, -0.15) is 0 Å². The molecule has 0 saturated heterocycles. The van der Waals surface area contributed by atoms with E-state index in [2.05, 4.69) is 16.0 Å². The molecule has 0 aromatic heterocycles. The maximum absolute atomic E-state index is 13.6. The summed E-state index contributed by atoms with van der Waals surface area (Å²) < 4.78 is 15.8. The minimum atomic E-state index is -0.755. The fourth-order valence-corrected chi connectivity index (χ4v) is 9.11. The predicted octanol–water partition coefficient (Wildman–Crippen LogP) is 9.03. The topological polar surface area (TPSA) is 254 Å². The first kappa shape index (κ1) is 62.6. The van der Waals surface area contributed by atoms with Gasteiger partial charge in [0.2, 0.25) is 17.7 Å². The molecule has 0 aliphatic carbocycles. The van der Waals surface area contributed by atoms with Crippen LogP contribution in [0.3, 0.4) is 0 Å². The molecule has 82 heavy (non-hydrogen) atoms. The molecule has 0 spiro atoms. The number of nitrogens with zero attached hydrogens (tertiary/aromatic N) is 3. The van der Waals surface area contributed by atoms with Crippen molar-refractivity contribution in [3.8, 4) is 0 Å². The molecule has 6 amide bonds. The summed E-state index contributed by atoms with van der Waals surface area (Å²) in [5.41, 5.74) is 26.6. The highest BCUT2D eigenvalue weighted by atomic mass is 16.6. The molecular weight excluding hydrogens is 1040 g/mol. The van der Waals surface area contributed by atoms with Crippen LogP contribution < -0.4 is 47.9 Å². The van der Waals surface area contributed by atoms with Crippen molar-refractivity contribution in [2.24, 2.45) is 17.2 Å². The average Bonchev–Trinajstić information content (AvgIpc) is 3.57. The predicted molar refractivity (Wildman–Crippen MR) is 320 cm³/mol. The van der Waals surface area contributed by atoms with Crippen molar-refractivity contribution in [2.75, 3.05) is 55.5 Å². The quantitative estimate of drug-likeness (QED) is 0.0140. The Hall–Kier alpha value is -8.58. The Morgan fingerprint density at radius 3 is 0.854 bits per heavy atom. The summed E-state index contributed by atoms with van der Waals surface area (Å²) in [5.74, 6) is -1.05. The van der Waals surface area contributed by atoms with Crippen LogP contribution in [0.1, 0.15) is 97.1 Å². The molecule has 0 bridgehead atoms. The molecule has 6 aromatic rings. The number of carbonyl (C=O) groups excluding carboxylic acids is 6. The minimum Gasteiger partial charge on any atom is -0.445 e. The van der Waals surface area contributed by atoms with E-state index in [4.69, 9.17) is 31.4 Å². The number of hydrogen-bond donors (Lipinski definition) is 6. The van der Waals surface area contributed by atoms with Gasteiger partial charge in [0.1, 0.15) is 19.8 Å². The largest absolute Gasteiger partial charge is 0.445 e. The Bertz CT molecular complexity index is 2600. The molecule has 6 rings (SSSR count). The number of amides is 6. The van der Waals surface area contributed by atoms with Crippen molar-refractivity contribution in [3.05, 3.63) is 197 Å². The third kappa shape index (κ3) is 20.2. The van der Waals surface area contributed by atoms with Crippen LogP contribution >= 0.6 is 0 Å². The van der Waals surface area contributed by atoms with Gasteiger partial charge in [-0.1, -0.05) is 127 Å². The first-order valence-corrected chi connectivity index (χ1v) is 27.9. The van der Waals surface area contributed by atoms with Crippen molar-refractivity contribution in [3.63, 3.8) is 0 Å². The number of benzene rings is 6. The van der Waals surface area contributed by atoms with Gasteiger partial charge in [0, 0.05) is 63.8 Å². The summed E-state index contributed by atoms with van der Waals surface area (Å²) in [6.07, 6.45) is 3.49. The third-order valence-corrected chi connectivity index (χ3v) is 14.1. The molecule has 6 aromatic carbocycles.